The fraction of sp³-hybridized carbons (Fsp3) is 0.533. The Morgan fingerprint density at radius 2 is 2.14 bits per heavy atom. The van der Waals surface area contributed by atoms with Gasteiger partial charge in [0.25, 0.3) is 0 Å². The molecule has 4 nitrogen and oxygen atoms in total. The number of likely N-dealkylation sites (tertiary alicyclic amines) is 1. The predicted molar refractivity (Wildman–Crippen MR) is 81.9 cm³/mol. The molecule has 2 atom stereocenters. The van der Waals surface area contributed by atoms with Crippen LogP contribution in [0.2, 0.25) is 0 Å². The van der Waals surface area contributed by atoms with E-state index in [9.17, 15) is 9.18 Å². The van der Waals surface area contributed by atoms with Crippen LogP contribution in [0.3, 0.4) is 0 Å². The number of carbonyl (C=O) groups is 1. The molecule has 0 saturated carbocycles. The Morgan fingerprint density at radius 1 is 1.48 bits per heavy atom. The van der Waals surface area contributed by atoms with Gasteiger partial charge < -0.3 is 15.4 Å². The summed E-state index contributed by atoms with van der Waals surface area (Å²) in [6.45, 7) is 0.973. The molecule has 118 valence electrons. The first-order chi connectivity index (χ1) is 9.61. The first-order valence-corrected chi connectivity index (χ1v) is 6.91. The van der Waals surface area contributed by atoms with E-state index in [1.807, 2.05) is 4.90 Å². The molecule has 21 heavy (non-hydrogen) atoms. The van der Waals surface area contributed by atoms with E-state index >= 15 is 0 Å². The van der Waals surface area contributed by atoms with E-state index in [4.69, 9.17) is 10.5 Å². The molecule has 1 aromatic rings. The van der Waals surface area contributed by atoms with Crippen LogP contribution >= 0.6 is 12.4 Å². The SMILES string of the molecule is COCC(N)C(=O)N1CCCC1Cc1ccc(F)cc1.Cl. The fourth-order valence-electron chi connectivity index (χ4n) is 2.69. The van der Waals surface area contributed by atoms with Crippen LogP contribution in [0.4, 0.5) is 4.39 Å². The van der Waals surface area contributed by atoms with Gasteiger partial charge in [-0.2, -0.15) is 0 Å². The summed E-state index contributed by atoms with van der Waals surface area (Å²) in [5.41, 5.74) is 6.86. The summed E-state index contributed by atoms with van der Waals surface area (Å²) >= 11 is 0. The Kier molecular flexibility index (Phi) is 7.08. The molecule has 0 bridgehead atoms. The number of nitrogens with two attached hydrogens (primary N) is 1. The lowest BCUT2D eigenvalue weighted by Crippen LogP contribution is -2.48. The number of hydrogen-bond donors (Lipinski definition) is 1. The highest BCUT2D eigenvalue weighted by molar-refractivity contribution is 5.85. The van der Waals surface area contributed by atoms with Crippen LogP contribution < -0.4 is 5.73 Å². The lowest BCUT2D eigenvalue weighted by molar-refractivity contribution is -0.134. The molecule has 1 amide bonds. The van der Waals surface area contributed by atoms with E-state index in [1.165, 1.54) is 19.2 Å². The number of amides is 1. The highest BCUT2D eigenvalue weighted by Crippen LogP contribution is 2.22. The number of benzene rings is 1. The second-order valence-electron chi connectivity index (χ2n) is 5.22. The summed E-state index contributed by atoms with van der Waals surface area (Å²) in [4.78, 5) is 14.1. The average Bonchev–Trinajstić information content (AvgIpc) is 2.89. The zero-order valence-corrected chi connectivity index (χ0v) is 12.9. The van der Waals surface area contributed by atoms with E-state index in [2.05, 4.69) is 0 Å². The van der Waals surface area contributed by atoms with Gasteiger partial charge in [-0.25, -0.2) is 4.39 Å². The third-order valence-corrected chi connectivity index (χ3v) is 3.71. The molecule has 2 unspecified atom stereocenters. The number of nitrogens with zero attached hydrogens (tertiary/aromatic N) is 1. The van der Waals surface area contributed by atoms with Crippen molar-refractivity contribution in [3.05, 3.63) is 35.6 Å². The zero-order valence-electron chi connectivity index (χ0n) is 12.1. The van der Waals surface area contributed by atoms with Gasteiger partial charge in [-0.05, 0) is 37.0 Å². The summed E-state index contributed by atoms with van der Waals surface area (Å²) in [6.07, 6.45) is 2.69. The first-order valence-electron chi connectivity index (χ1n) is 6.91. The summed E-state index contributed by atoms with van der Waals surface area (Å²) in [6, 6.07) is 5.99. The van der Waals surface area contributed by atoms with Crippen molar-refractivity contribution >= 4 is 18.3 Å². The minimum absolute atomic E-state index is 0. The van der Waals surface area contributed by atoms with Gasteiger partial charge in [0.05, 0.1) is 6.61 Å². The van der Waals surface area contributed by atoms with Gasteiger partial charge in [-0.1, -0.05) is 12.1 Å². The van der Waals surface area contributed by atoms with Crippen molar-refractivity contribution in [3.8, 4) is 0 Å². The smallest absolute Gasteiger partial charge is 0.242 e. The van der Waals surface area contributed by atoms with Crippen LogP contribution in [0.25, 0.3) is 0 Å². The van der Waals surface area contributed by atoms with E-state index < -0.39 is 6.04 Å². The van der Waals surface area contributed by atoms with Crippen LogP contribution in [0.15, 0.2) is 24.3 Å². The lowest BCUT2D eigenvalue weighted by Gasteiger charge is -2.27. The van der Waals surface area contributed by atoms with Crippen molar-refractivity contribution in [3.63, 3.8) is 0 Å². The maximum Gasteiger partial charge on any atom is 0.242 e. The summed E-state index contributed by atoms with van der Waals surface area (Å²) < 4.78 is 17.8. The molecule has 0 aliphatic carbocycles. The van der Waals surface area contributed by atoms with E-state index in [0.29, 0.717) is 0 Å². The van der Waals surface area contributed by atoms with Crippen molar-refractivity contribution in [1.29, 1.82) is 0 Å². The zero-order chi connectivity index (χ0) is 14.5. The molecule has 1 heterocycles. The topological polar surface area (TPSA) is 55.6 Å². The first kappa shape index (κ1) is 17.9. The maximum absolute atomic E-state index is 12.9. The van der Waals surface area contributed by atoms with Crippen molar-refractivity contribution in [1.82, 2.24) is 4.90 Å². The number of methoxy groups -OCH3 is 1. The largest absolute Gasteiger partial charge is 0.383 e. The Hall–Kier alpha value is -1.17. The molecule has 1 aromatic carbocycles. The van der Waals surface area contributed by atoms with Crippen LogP contribution in [0.5, 0.6) is 0 Å². The third kappa shape index (κ3) is 4.66. The molecule has 2 rings (SSSR count). The van der Waals surface area contributed by atoms with Gasteiger partial charge in [0.2, 0.25) is 5.91 Å². The molecule has 1 aliphatic rings. The standard InChI is InChI=1S/C15H21FN2O2.ClH/c1-20-10-14(17)15(19)18-8-2-3-13(18)9-11-4-6-12(16)7-5-11;/h4-7,13-14H,2-3,8-10,17H2,1H3;1H. The number of carbonyl (C=O) groups excluding carboxylic acids is 1. The van der Waals surface area contributed by atoms with Crippen molar-refractivity contribution in [2.24, 2.45) is 5.73 Å². The Balaban J connectivity index is 0.00000220. The van der Waals surface area contributed by atoms with E-state index in [-0.39, 0.29) is 36.8 Å². The van der Waals surface area contributed by atoms with Gasteiger partial charge in [0.1, 0.15) is 11.9 Å². The van der Waals surface area contributed by atoms with Crippen LogP contribution in [-0.2, 0) is 16.0 Å². The van der Waals surface area contributed by atoms with Gasteiger partial charge in [0.15, 0.2) is 0 Å². The molecule has 2 N–H and O–H groups in total. The summed E-state index contributed by atoms with van der Waals surface area (Å²) in [5.74, 6) is -0.299. The number of rotatable bonds is 5. The molecule has 1 fully saturated rings. The number of hydrogen-bond acceptors (Lipinski definition) is 3. The van der Waals surface area contributed by atoms with Gasteiger partial charge >= 0.3 is 0 Å². The predicted octanol–water partition coefficient (Wildman–Crippen LogP) is 1.75. The Bertz CT molecular complexity index is 455. The van der Waals surface area contributed by atoms with Gasteiger partial charge in [0, 0.05) is 19.7 Å². The van der Waals surface area contributed by atoms with Crippen LogP contribution in [0, 0.1) is 5.82 Å². The van der Waals surface area contributed by atoms with E-state index in [0.717, 1.165) is 31.4 Å². The molecule has 1 aliphatic heterocycles. The Morgan fingerprint density at radius 3 is 2.76 bits per heavy atom. The molecule has 1 saturated heterocycles. The van der Waals surface area contributed by atoms with Crippen molar-refractivity contribution in [2.45, 2.75) is 31.3 Å². The highest BCUT2D eigenvalue weighted by atomic mass is 35.5. The molecule has 6 heteroatoms. The average molecular weight is 317 g/mol. The molecule has 0 spiro atoms. The minimum Gasteiger partial charge on any atom is -0.383 e. The maximum atomic E-state index is 12.9. The van der Waals surface area contributed by atoms with Gasteiger partial charge in [-0.3, -0.25) is 4.79 Å². The third-order valence-electron chi connectivity index (χ3n) is 3.71. The van der Waals surface area contributed by atoms with Crippen molar-refractivity contribution in [2.75, 3.05) is 20.3 Å². The van der Waals surface area contributed by atoms with Crippen LogP contribution in [0.1, 0.15) is 18.4 Å². The van der Waals surface area contributed by atoms with E-state index in [1.54, 1.807) is 12.1 Å². The minimum atomic E-state index is -0.603. The van der Waals surface area contributed by atoms with Crippen molar-refractivity contribution < 1.29 is 13.9 Å². The Labute approximate surface area is 130 Å². The van der Waals surface area contributed by atoms with Crippen LogP contribution in [-0.4, -0.2) is 43.2 Å². The second kappa shape index (κ2) is 8.32. The normalized spacial score (nSPS) is 19.2. The summed E-state index contributed by atoms with van der Waals surface area (Å²) in [5, 5.41) is 0. The molecule has 0 radical (unpaired) electrons. The van der Waals surface area contributed by atoms with Gasteiger partial charge in [-0.15, -0.1) is 12.4 Å². The molecule has 0 aromatic heterocycles. The second-order valence-corrected chi connectivity index (χ2v) is 5.22. The molecular formula is C15H22ClFN2O2. The monoisotopic (exact) mass is 316 g/mol. The highest BCUT2D eigenvalue weighted by Gasteiger charge is 2.31. The lowest BCUT2D eigenvalue weighted by atomic mass is 10.0. The quantitative estimate of drug-likeness (QED) is 0.900. The number of halogens is 2. The fourth-order valence-corrected chi connectivity index (χ4v) is 2.69. The molecular weight excluding hydrogens is 295 g/mol. The summed E-state index contributed by atoms with van der Waals surface area (Å²) in [7, 11) is 1.53. The number of ether oxygens (including phenoxy) is 1.